The molecule has 0 radical (unpaired) electrons. The summed E-state index contributed by atoms with van der Waals surface area (Å²) >= 11 is 0. The molecule has 0 saturated carbocycles. The highest BCUT2D eigenvalue weighted by Gasteiger charge is 2.28. The van der Waals surface area contributed by atoms with Gasteiger partial charge < -0.3 is 15.4 Å². The lowest BCUT2D eigenvalue weighted by molar-refractivity contribution is -0.140. The molecule has 1 aromatic heterocycles. The Bertz CT molecular complexity index is 518. The van der Waals surface area contributed by atoms with Crippen molar-refractivity contribution in [1.29, 1.82) is 0 Å². The average Bonchev–Trinajstić information content (AvgIpc) is 2.56. The molecule has 2 aliphatic rings. The zero-order valence-electron chi connectivity index (χ0n) is 12.8. The van der Waals surface area contributed by atoms with Crippen molar-refractivity contribution in [1.82, 2.24) is 19.8 Å². The van der Waals surface area contributed by atoms with Gasteiger partial charge in [-0.25, -0.2) is 4.98 Å². The summed E-state index contributed by atoms with van der Waals surface area (Å²) in [7, 11) is 0. The molecular weight excluding hydrogens is 282 g/mol. The van der Waals surface area contributed by atoms with Crippen molar-refractivity contribution in [2.24, 2.45) is 0 Å². The number of hydrogen-bond acceptors (Lipinski definition) is 6. The summed E-state index contributed by atoms with van der Waals surface area (Å²) in [5.41, 5.74) is 6.48. The standard InChI is InChI=1S/C15H23N5O2/c16-15-14(17-4-5-18-15)12-10-20(8-9-22-12)13(21)11-19-6-2-1-3-7-19/h4-5,12H,1-3,6-11H2,(H2,16,18)/t12-/m1/s1. The van der Waals surface area contributed by atoms with Crippen LogP contribution in [0.3, 0.4) is 0 Å². The van der Waals surface area contributed by atoms with Crippen molar-refractivity contribution in [2.45, 2.75) is 25.4 Å². The molecule has 2 aliphatic heterocycles. The number of nitrogens with two attached hydrogens (primary N) is 1. The minimum absolute atomic E-state index is 0.165. The molecule has 1 atom stereocenters. The van der Waals surface area contributed by atoms with E-state index in [1.807, 2.05) is 4.90 Å². The third kappa shape index (κ3) is 3.53. The fraction of sp³-hybridized carbons (Fsp3) is 0.667. The normalized spacial score (nSPS) is 23.5. The summed E-state index contributed by atoms with van der Waals surface area (Å²) in [6.45, 7) is 4.18. The number of likely N-dealkylation sites (tertiary alicyclic amines) is 1. The van der Waals surface area contributed by atoms with Crippen LogP contribution in [0.5, 0.6) is 0 Å². The molecule has 7 heteroatoms. The first kappa shape index (κ1) is 15.2. The number of aromatic nitrogens is 2. The first-order valence-electron chi connectivity index (χ1n) is 7.92. The molecule has 0 aromatic carbocycles. The number of carbonyl (C=O) groups excluding carboxylic acids is 1. The first-order chi connectivity index (χ1) is 10.7. The van der Waals surface area contributed by atoms with Gasteiger partial charge in [-0.15, -0.1) is 0 Å². The van der Waals surface area contributed by atoms with Gasteiger partial charge in [0.25, 0.3) is 0 Å². The summed E-state index contributed by atoms with van der Waals surface area (Å²) in [5, 5.41) is 0. The average molecular weight is 305 g/mol. The zero-order chi connectivity index (χ0) is 15.4. The van der Waals surface area contributed by atoms with E-state index in [2.05, 4.69) is 14.9 Å². The summed E-state index contributed by atoms with van der Waals surface area (Å²) < 4.78 is 5.73. The van der Waals surface area contributed by atoms with E-state index in [-0.39, 0.29) is 12.0 Å². The van der Waals surface area contributed by atoms with E-state index >= 15 is 0 Å². The third-order valence-corrected chi connectivity index (χ3v) is 4.29. The molecule has 3 rings (SSSR count). The van der Waals surface area contributed by atoms with Crippen LogP contribution in [0.4, 0.5) is 5.82 Å². The number of ether oxygens (including phenoxy) is 1. The van der Waals surface area contributed by atoms with E-state index in [1.165, 1.54) is 19.3 Å². The summed E-state index contributed by atoms with van der Waals surface area (Å²) in [6, 6.07) is 0. The van der Waals surface area contributed by atoms with Crippen LogP contribution in [-0.2, 0) is 9.53 Å². The van der Waals surface area contributed by atoms with Gasteiger partial charge in [0.2, 0.25) is 5.91 Å². The minimum Gasteiger partial charge on any atom is -0.382 e. The summed E-state index contributed by atoms with van der Waals surface area (Å²) in [5.74, 6) is 0.537. The van der Waals surface area contributed by atoms with Crippen molar-refractivity contribution in [3.63, 3.8) is 0 Å². The second-order valence-electron chi connectivity index (χ2n) is 5.86. The Balaban J connectivity index is 1.60. The molecule has 2 saturated heterocycles. The van der Waals surface area contributed by atoms with Crippen LogP contribution >= 0.6 is 0 Å². The van der Waals surface area contributed by atoms with Crippen molar-refractivity contribution in [2.75, 3.05) is 45.1 Å². The molecule has 2 N–H and O–H groups in total. The number of piperidine rings is 1. The Morgan fingerprint density at radius 3 is 2.77 bits per heavy atom. The SMILES string of the molecule is Nc1nccnc1[C@H]1CN(C(=O)CN2CCCCC2)CCO1. The molecule has 1 aromatic rings. The number of hydrogen-bond donors (Lipinski definition) is 1. The Morgan fingerprint density at radius 2 is 2.00 bits per heavy atom. The topological polar surface area (TPSA) is 84.6 Å². The highest BCUT2D eigenvalue weighted by atomic mass is 16.5. The van der Waals surface area contributed by atoms with Crippen LogP contribution < -0.4 is 5.73 Å². The van der Waals surface area contributed by atoms with Gasteiger partial charge in [-0.05, 0) is 25.9 Å². The van der Waals surface area contributed by atoms with E-state index in [9.17, 15) is 4.79 Å². The molecular formula is C15H23N5O2. The lowest BCUT2D eigenvalue weighted by atomic mass is 10.1. The van der Waals surface area contributed by atoms with E-state index in [4.69, 9.17) is 10.5 Å². The van der Waals surface area contributed by atoms with Crippen molar-refractivity contribution >= 4 is 11.7 Å². The Hall–Kier alpha value is -1.73. The molecule has 0 spiro atoms. The monoisotopic (exact) mass is 305 g/mol. The van der Waals surface area contributed by atoms with E-state index in [1.54, 1.807) is 12.4 Å². The smallest absolute Gasteiger partial charge is 0.236 e. The second kappa shape index (κ2) is 7.02. The number of nitrogen functional groups attached to an aromatic ring is 1. The van der Waals surface area contributed by atoms with Crippen molar-refractivity contribution in [3.05, 3.63) is 18.1 Å². The molecule has 7 nitrogen and oxygen atoms in total. The maximum atomic E-state index is 12.5. The van der Waals surface area contributed by atoms with Gasteiger partial charge >= 0.3 is 0 Å². The maximum Gasteiger partial charge on any atom is 0.236 e. The Morgan fingerprint density at radius 1 is 1.23 bits per heavy atom. The number of carbonyl (C=O) groups is 1. The summed E-state index contributed by atoms with van der Waals surface area (Å²) in [4.78, 5) is 24.9. The lowest BCUT2D eigenvalue weighted by Crippen LogP contribution is -2.47. The van der Waals surface area contributed by atoms with Gasteiger partial charge in [-0.3, -0.25) is 14.7 Å². The number of anilines is 1. The highest BCUT2D eigenvalue weighted by Crippen LogP contribution is 2.23. The molecule has 1 amide bonds. The maximum absolute atomic E-state index is 12.5. The van der Waals surface area contributed by atoms with E-state index < -0.39 is 0 Å². The second-order valence-corrected chi connectivity index (χ2v) is 5.86. The van der Waals surface area contributed by atoms with Crippen LogP contribution in [0.25, 0.3) is 0 Å². The fourth-order valence-electron chi connectivity index (χ4n) is 3.06. The highest BCUT2D eigenvalue weighted by molar-refractivity contribution is 5.78. The van der Waals surface area contributed by atoms with Crippen LogP contribution in [-0.4, -0.2) is 65.0 Å². The molecule has 120 valence electrons. The van der Waals surface area contributed by atoms with Crippen LogP contribution in [0, 0.1) is 0 Å². The minimum atomic E-state index is -0.284. The Kier molecular flexibility index (Phi) is 4.84. The van der Waals surface area contributed by atoms with E-state index in [0.717, 1.165) is 13.1 Å². The number of nitrogens with zero attached hydrogens (tertiary/aromatic N) is 4. The predicted octanol–water partition coefficient (Wildman–Crippen LogP) is 0.445. The Labute approximate surface area is 130 Å². The molecule has 2 fully saturated rings. The first-order valence-corrected chi connectivity index (χ1v) is 7.92. The quantitative estimate of drug-likeness (QED) is 0.872. The number of morpholine rings is 1. The lowest BCUT2D eigenvalue weighted by Gasteiger charge is -2.35. The van der Waals surface area contributed by atoms with Gasteiger partial charge in [0.05, 0.1) is 19.7 Å². The van der Waals surface area contributed by atoms with Gasteiger partial charge in [-0.2, -0.15) is 0 Å². The number of amides is 1. The van der Waals surface area contributed by atoms with Crippen LogP contribution in [0.2, 0.25) is 0 Å². The molecule has 0 aliphatic carbocycles. The van der Waals surface area contributed by atoms with Crippen LogP contribution in [0.1, 0.15) is 31.1 Å². The van der Waals surface area contributed by atoms with E-state index in [0.29, 0.717) is 37.8 Å². The van der Waals surface area contributed by atoms with Crippen LogP contribution in [0.15, 0.2) is 12.4 Å². The van der Waals surface area contributed by atoms with Gasteiger partial charge in [-0.1, -0.05) is 6.42 Å². The fourth-order valence-corrected chi connectivity index (χ4v) is 3.06. The largest absolute Gasteiger partial charge is 0.382 e. The number of rotatable bonds is 3. The predicted molar refractivity (Wildman–Crippen MR) is 82.0 cm³/mol. The summed E-state index contributed by atoms with van der Waals surface area (Å²) in [6.07, 6.45) is 6.53. The molecule has 3 heterocycles. The van der Waals surface area contributed by atoms with Crippen molar-refractivity contribution in [3.8, 4) is 0 Å². The molecule has 0 bridgehead atoms. The van der Waals surface area contributed by atoms with Crippen molar-refractivity contribution < 1.29 is 9.53 Å². The molecule has 0 unspecified atom stereocenters. The zero-order valence-corrected chi connectivity index (χ0v) is 12.8. The molecule has 22 heavy (non-hydrogen) atoms. The van der Waals surface area contributed by atoms with Gasteiger partial charge in [0.15, 0.2) is 0 Å². The van der Waals surface area contributed by atoms with Gasteiger partial charge in [0, 0.05) is 18.9 Å². The third-order valence-electron chi connectivity index (χ3n) is 4.29. The van der Waals surface area contributed by atoms with Gasteiger partial charge in [0.1, 0.15) is 17.6 Å².